The van der Waals surface area contributed by atoms with Crippen LogP contribution in [0.15, 0.2) is 71.7 Å². The number of benzene rings is 2. The van der Waals surface area contributed by atoms with E-state index in [0.29, 0.717) is 17.9 Å². The highest BCUT2D eigenvalue weighted by atomic mass is 16.3. The zero-order valence-corrected chi connectivity index (χ0v) is 12.0. The van der Waals surface area contributed by atoms with Gasteiger partial charge in [0.2, 0.25) is 5.91 Å². The van der Waals surface area contributed by atoms with Crippen molar-refractivity contribution in [3.8, 4) is 0 Å². The van der Waals surface area contributed by atoms with Crippen LogP contribution < -0.4 is 10.9 Å². The number of rotatable bonds is 5. The van der Waals surface area contributed by atoms with E-state index in [1.54, 1.807) is 0 Å². The number of fused-ring (bicyclic) bond motifs is 1. The lowest BCUT2D eigenvalue weighted by atomic mass is 10.1. The van der Waals surface area contributed by atoms with Crippen molar-refractivity contribution < 1.29 is 9.21 Å². The summed E-state index contributed by atoms with van der Waals surface area (Å²) in [4.78, 5) is 11.9. The molecule has 0 bridgehead atoms. The normalized spacial score (nSPS) is 10.4. The summed E-state index contributed by atoms with van der Waals surface area (Å²) in [5, 5.41) is 0.996. The van der Waals surface area contributed by atoms with Gasteiger partial charge in [0, 0.05) is 5.39 Å². The second-order valence-electron chi connectivity index (χ2n) is 4.96. The molecule has 2 aromatic carbocycles. The summed E-state index contributed by atoms with van der Waals surface area (Å²) in [5.41, 5.74) is 7.67. The lowest BCUT2D eigenvalue weighted by molar-refractivity contribution is -0.121. The van der Waals surface area contributed by atoms with Gasteiger partial charge in [0.15, 0.2) is 5.76 Å². The highest BCUT2D eigenvalue weighted by molar-refractivity contribution is 5.82. The van der Waals surface area contributed by atoms with Gasteiger partial charge in [-0.2, -0.15) is 0 Å². The SMILES string of the molecule is C=C(NNC(=O)Cc1ccccc1)c1cc2ccccc2o1. The first-order valence-electron chi connectivity index (χ1n) is 6.99. The Bertz CT molecular complexity index is 773. The van der Waals surface area contributed by atoms with E-state index >= 15 is 0 Å². The third-order valence-corrected chi connectivity index (χ3v) is 3.28. The molecular weight excluding hydrogens is 276 g/mol. The van der Waals surface area contributed by atoms with Gasteiger partial charge in [0.25, 0.3) is 0 Å². The van der Waals surface area contributed by atoms with Crippen molar-refractivity contribution in [2.24, 2.45) is 0 Å². The van der Waals surface area contributed by atoms with E-state index in [4.69, 9.17) is 4.42 Å². The maximum Gasteiger partial charge on any atom is 0.242 e. The summed E-state index contributed by atoms with van der Waals surface area (Å²) in [7, 11) is 0. The molecule has 0 aliphatic rings. The first-order chi connectivity index (χ1) is 10.7. The molecule has 2 N–H and O–H groups in total. The standard InChI is InChI=1S/C18H16N2O2/c1-13(17-12-15-9-5-6-10-16(15)22-17)19-20-18(21)11-14-7-3-2-4-8-14/h2-10,12,19H,1,11H2,(H,20,21). The Morgan fingerprint density at radius 3 is 2.50 bits per heavy atom. The largest absolute Gasteiger partial charge is 0.454 e. The van der Waals surface area contributed by atoms with Crippen LogP contribution in [0.3, 0.4) is 0 Å². The van der Waals surface area contributed by atoms with Crippen molar-refractivity contribution in [1.82, 2.24) is 10.9 Å². The van der Waals surface area contributed by atoms with Crippen molar-refractivity contribution in [3.05, 3.63) is 78.6 Å². The highest BCUT2D eigenvalue weighted by Gasteiger charge is 2.08. The quantitative estimate of drug-likeness (QED) is 0.710. The smallest absolute Gasteiger partial charge is 0.242 e. The molecule has 0 unspecified atom stereocenters. The topological polar surface area (TPSA) is 54.3 Å². The molecule has 0 spiro atoms. The minimum absolute atomic E-state index is 0.136. The molecule has 3 rings (SSSR count). The molecule has 1 amide bonds. The minimum Gasteiger partial charge on any atom is -0.454 e. The fourth-order valence-corrected chi connectivity index (χ4v) is 2.16. The van der Waals surface area contributed by atoms with E-state index in [0.717, 1.165) is 16.5 Å². The summed E-state index contributed by atoms with van der Waals surface area (Å²) < 4.78 is 5.67. The zero-order chi connectivity index (χ0) is 15.4. The van der Waals surface area contributed by atoms with Crippen molar-refractivity contribution in [3.63, 3.8) is 0 Å². The van der Waals surface area contributed by atoms with Gasteiger partial charge in [-0.15, -0.1) is 0 Å². The fourth-order valence-electron chi connectivity index (χ4n) is 2.16. The van der Waals surface area contributed by atoms with Crippen molar-refractivity contribution in [2.45, 2.75) is 6.42 Å². The average Bonchev–Trinajstić information content (AvgIpc) is 2.98. The van der Waals surface area contributed by atoms with Crippen LogP contribution in [-0.2, 0) is 11.2 Å². The van der Waals surface area contributed by atoms with Crippen molar-refractivity contribution in [1.29, 1.82) is 0 Å². The molecule has 22 heavy (non-hydrogen) atoms. The molecule has 0 saturated heterocycles. The summed E-state index contributed by atoms with van der Waals surface area (Å²) in [6.07, 6.45) is 0.307. The number of hydrazine groups is 1. The molecular formula is C18H16N2O2. The predicted molar refractivity (Wildman–Crippen MR) is 86.7 cm³/mol. The number of hydrogen-bond donors (Lipinski definition) is 2. The number of amides is 1. The molecule has 1 heterocycles. The number of carbonyl (C=O) groups is 1. The lowest BCUT2D eigenvalue weighted by Gasteiger charge is -2.09. The van der Waals surface area contributed by atoms with Crippen LogP contribution in [0.25, 0.3) is 16.7 Å². The molecule has 4 nitrogen and oxygen atoms in total. The van der Waals surface area contributed by atoms with Crippen LogP contribution >= 0.6 is 0 Å². The molecule has 0 saturated carbocycles. The molecule has 0 aliphatic heterocycles. The molecule has 1 aromatic heterocycles. The maximum absolute atomic E-state index is 11.9. The molecule has 3 aromatic rings. The number of nitrogens with one attached hydrogen (secondary N) is 2. The van der Waals surface area contributed by atoms with Crippen molar-refractivity contribution >= 4 is 22.6 Å². The summed E-state index contributed by atoms with van der Waals surface area (Å²) in [6, 6.07) is 19.1. The van der Waals surface area contributed by atoms with Gasteiger partial charge < -0.3 is 4.42 Å². The van der Waals surface area contributed by atoms with Crippen LogP contribution in [0.1, 0.15) is 11.3 Å². The van der Waals surface area contributed by atoms with Gasteiger partial charge in [0.05, 0.1) is 12.1 Å². The second kappa shape index (κ2) is 6.18. The van der Waals surface area contributed by atoms with E-state index in [9.17, 15) is 4.79 Å². The second-order valence-corrected chi connectivity index (χ2v) is 4.96. The van der Waals surface area contributed by atoms with Gasteiger partial charge in [-0.3, -0.25) is 15.6 Å². The Labute approximate surface area is 128 Å². The number of furan rings is 1. The monoisotopic (exact) mass is 292 g/mol. The summed E-state index contributed by atoms with van der Waals surface area (Å²) in [6.45, 7) is 3.88. The molecule has 0 radical (unpaired) electrons. The van der Waals surface area contributed by atoms with E-state index < -0.39 is 0 Å². The molecule has 4 heteroatoms. The van der Waals surface area contributed by atoms with E-state index in [-0.39, 0.29) is 5.91 Å². The van der Waals surface area contributed by atoms with Gasteiger partial charge in [-0.1, -0.05) is 55.1 Å². The fraction of sp³-hybridized carbons (Fsp3) is 0.0556. The first-order valence-corrected chi connectivity index (χ1v) is 6.99. The Balaban J connectivity index is 1.59. The zero-order valence-electron chi connectivity index (χ0n) is 12.0. The Morgan fingerprint density at radius 1 is 1.00 bits per heavy atom. The minimum atomic E-state index is -0.136. The van der Waals surface area contributed by atoms with Gasteiger partial charge in [-0.25, -0.2) is 0 Å². The molecule has 0 aliphatic carbocycles. The molecule has 0 atom stereocenters. The van der Waals surface area contributed by atoms with Crippen LogP contribution in [0.4, 0.5) is 0 Å². The van der Waals surface area contributed by atoms with Crippen molar-refractivity contribution in [2.75, 3.05) is 0 Å². The predicted octanol–water partition coefficient (Wildman–Crippen LogP) is 3.27. The van der Waals surface area contributed by atoms with Crippen LogP contribution in [0.5, 0.6) is 0 Å². The van der Waals surface area contributed by atoms with Gasteiger partial charge >= 0.3 is 0 Å². The van der Waals surface area contributed by atoms with Crippen LogP contribution in [0, 0.1) is 0 Å². The lowest BCUT2D eigenvalue weighted by Crippen LogP contribution is -2.36. The average molecular weight is 292 g/mol. The van der Waals surface area contributed by atoms with Gasteiger partial charge in [0.1, 0.15) is 5.58 Å². The Hall–Kier alpha value is -3.01. The van der Waals surface area contributed by atoms with E-state index in [1.807, 2.05) is 60.7 Å². The Morgan fingerprint density at radius 2 is 1.73 bits per heavy atom. The third kappa shape index (κ3) is 3.17. The Kier molecular flexibility index (Phi) is 3.92. The molecule has 110 valence electrons. The van der Waals surface area contributed by atoms with E-state index in [1.165, 1.54) is 0 Å². The third-order valence-electron chi connectivity index (χ3n) is 3.28. The van der Waals surface area contributed by atoms with Crippen LogP contribution in [-0.4, -0.2) is 5.91 Å². The maximum atomic E-state index is 11.9. The number of para-hydroxylation sites is 1. The van der Waals surface area contributed by atoms with Gasteiger partial charge in [-0.05, 0) is 17.7 Å². The highest BCUT2D eigenvalue weighted by Crippen LogP contribution is 2.21. The van der Waals surface area contributed by atoms with E-state index in [2.05, 4.69) is 17.4 Å². The van der Waals surface area contributed by atoms with Crippen LogP contribution in [0.2, 0.25) is 0 Å². The number of carbonyl (C=O) groups excluding carboxylic acids is 1. The number of hydrogen-bond acceptors (Lipinski definition) is 3. The summed E-state index contributed by atoms with van der Waals surface area (Å²) in [5.74, 6) is 0.463. The molecule has 0 fully saturated rings. The first kappa shape index (κ1) is 13.9. The summed E-state index contributed by atoms with van der Waals surface area (Å²) >= 11 is 0.